The van der Waals surface area contributed by atoms with Crippen LogP contribution in [0.1, 0.15) is 18.2 Å². The van der Waals surface area contributed by atoms with E-state index in [1.165, 1.54) is 23.1 Å². The molecule has 2 rings (SSSR count). The SMILES string of the molecule is Cc1csc(Sc2ccc(CC(C)N)cc2F)n1. The smallest absolute Gasteiger partial charge is 0.154 e. The first kappa shape index (κ1) is 13.5. The van der Waals surface area contributed by atoms with Gasteiger partial charge in [0.2, 0.25) is 0 Å². The molecule has 0 radical (unpaired) electrons. The highest BCUT2D eigenvalue weighted by atomic mass is 32.2. The summed E-state index contributed by atoms with van der Waals surface area (Å²) in [5.41, 5.74) is 7.60. The molecule has 0 aliphatic heterocycles. The summed E-state index contributed by atoms with van der Waals surface area (Å²) in [4.78, 5) is 4.92. The molecule has 0 saturated heterocycles. The van der Waals surface area contributed by atoms with Crippen LogP contribution in [0.3, 0.4) is 0 Å². The lowest BCUT2D eigenvalue weighted by molar-refractivity contribution is 0.597. The number of rotatable bonds is 4. The van der Waals surface area contributed by atoms with Gasteiger partial charge in [-0.05, 0) is 38.0 Å². The summed E-state index contributed by atoms with van der Waals surface area (Å²) < 4.78 is 14.8. The molecule has 0 bridgehead atoms. The maximum atomic E-state index is 13.9. The van der Waals surface area contributed by atoms with Crippen molar-refractivity contribution in [2.45, 2.75) is 35.5 Å². The third kappa shape index (κ3) is 3.54. The van der Waals surface area contributed by atoms with Gasteiger partial charge in [0.05, 0.1) is 4.90 Å². The molecular formula is C13H15FN2S2. The summed E-state index contributed by atoms with van der Waals surface area (Å²) >= 11 is 2.90. The predicted octanol–water partition coefficient (Wildman–Crippen LogP) is 3.63. The molecule has 1 aromatic heterocycles. The van der Waals surface area contributed by atoms with Crippen LogP contribution < -0.4 is 5.73 Å². The van der Waals surface area contributed by atoms with Crippen LogP contribution in [0.15, 0.2) is 32.8 Å². The molecule has 1 unspecified atom stereocenters. The fraction of sp³-hybridized carbons (Fsp3) is 0.308. The van der Waals surface area contributed by atoms with E-state index in [1.54, 1.807) is 12.1 Å². The molecule has 1 heterocycles. The topological polar surface area (TPSA) is 38.9 Å². The van der Waals surface area contributed by atoms with Gasteiger partial charge in [-0.1, -0.05) is 17.8 Å². The molecule has 2 aromatic rings. The average Bonchev–Trinajstić information content (AvgIpc) is 2.67. The van der Waals surface area contributed by atoms with Crippen LogP contribution in [0.25, 0.3) is 0 Å². The first-order valence-corrected chi connectivity index (χ1v) is 7.38. The van der Waals surface area contributed by atoms with Crippen molar-refractivity contribution in [2.24, 2.45) is 5.73 Å². The Kier molecular flexibility index (Phi) is 4.37. The number of hydrogen-bond acceptors (Lipinski definition) is 4. The van der Waals surface area contributed by atoms with E-state index >= 15 is 0 Å². The van der Waals surface area contributed by atoms with Gasteiger partial charge in [-0.25, -0.2) is 9.37 Å². The Morgan fingerprint density at radius 1 is 1.50 bits per heavy atom. The zero-order valence-corrected chi connectivity index (χ0v) is 11.9. The number of benzene rings is 1. The number of aromatic nitrogens is 1. The minimum absolute atomic E-state index is 0.0458. The van der Waals surface area contributed by atoms with Crippen molar-refractivity contribution in [1.82, 2.24) is 4.98 Å². The molecule has 18 heavy (non-hydrogen) atoms. The van der Waals surface area contributed by atoms with E-state index < -0.39 is 0 Å². The lowest BCUT2D eigenvalue weighted by atomic mass is 10.1. The Morgan fingerprint density at radius 3 is 2.83 bits per heavy atom. The molecule has 0 amide bonds. The second kappa shape index (κ2) is 5.82. The summed E-state index contributed by atoms with van der Waals surface area (Å²) in [6.07, 6.45) is 0.693. The zero-order valence-electron chi connectivity index (χ0n) is 10.3. The van der Waals surface area contributed by atoms with E-state index in [-0.39, 0.29) is 11.9 Å². The van der Waals surface area contributed by atoms with E-state index in [9.17, 15) is 4.39 Å². The van der Waals surface area contributed by atoms with Crippen molar-refractivity contribution < 1.29 is 4.39 Å². The fourth-order valence-electron chi connectivity index (χ4n) is 1.60. The first-order valence-electron chi connectivity index (χ1n) is 5.68. The Labute approximate surface area is 114 Å². The molecule has 96 valence electrons. The highest BCUT2D eigenvalue weighted by molar-refractivity contribution is 8.01. The van der Waals surface area contributed by atoms with E-state index in [0.717, 1.165) is 15.6 Å². The van der Waals surface area contributed by atoms with Crippen LogP contribution >= 0.6 is 23.1 Å². The standard InChI is InChI=1S/C13H15FN2S2/c1-8(15)5-10-3-4-12(11(14)6-10)18-13-16-9(2)7-17-13/h3-4,6-8H,5,15H2,1-2H3. The van der Waals surface area contributed by atoms with Gasteiger partial charge in [0, 0.05) is 17.1 Å². The van der Waals surface area contributed by atoms with Crippen LogP contribution in [0, 0.1) is 12.7 Å². The largest absolute Gasteiger partial charge is 0.328 e. The minimum atomic E-state index is -0.203. The normalized spacial score (nSPS) is 12.7. The van der Waals surface area contributed by atoms with Gasteiger partial charge in [0.1, 0.15) is 5.82 Å². The van der Waals surface area contributed by atoms with Crippen LogP contribution in [-0.2, 0) is 6.42 Å². The second-order valence-corrected chi connectivity index (χ2v) is 6.45. The molecular weight excluding hydrogens is 267 g/mol. The van der Waals surface area contributed by atoms with Crippen molar-refractivity contribution in [3.8, 4) is 0 Å². The van der Waals surface area contributed by atoms with Crippen LogP contribution in [0.4, 0.5) is 4.39 Å². The molecule has 0 fully saturated rings. The summed E-state index contributed by atoms with van der Waals surface area (Å²) in [7, 11) is 0. The maximum absolute atomic E-state index is 13.9. The third-order valence-corrected chi connectivity index (χ3v) is 4.46. The van der Waals surface area contributed by atoms with Crippen molar-refractivity contribution in [1.29, 1.82) is 0 Å². The van der Waals surface area contributed by atoms with E-state index in [2.05, 4.69) is 4.98 Å². The summed E-state index contributed by atoms with van der Waals surface area (Å²) in [6.45, 7) is 3.85. The van der Waals surface area contributed by atoms with Crippen molar-refractivity contribution in [2.75, 3.05) is 0 Å². The highest BCUT2D eigenvalue weighted by Gasteiger charge is 2.08. The summed E-state index contributed by atoms with van der Waals surface area (Å²) in [5, 5.41) is 1.96. The van der Waals surface area contributed by atoms with Gasteiger partial charge in [-0.3, -0.25) is 0 Å². The van der Waals surface area contributed by atoms with E-state index in [1.807, 2.05) is 25.3 Å². The molecule has 2 N–H and O–H groups in total. The third-order valence-electron chi connectivity index (χ3n) is 2.35. The Bertz CT molecular complexity index is 538. The van der Waals surface area contributed by atoms with E-state index in [4.69, 9.17) is 5.73 Å². The number of thiazole rings is 1. The molecule has 1 atom stereocenters. The monoisotopic (exact) mass is 282 g/mol. The lowest BCUT2D eigenvalue weighted by Crippen LogP contribution is -2.17. The number of hydrogen-bond donors (Lipinski definition) is 1. The van der Waals surface area contributed by atoms with Gasteiger partial charge in [0.15, 0.2) is 4.34 Å². The minimum Gasteiger partial charge on any atom is -0.328 e. The van der Waals surface area contributed by atoms with Crippen molar-refractivity contribution >= 4 is 23.1 Å². The highest BCUT2D eigenvalue weighted by Crippen LogP contribution is 2.32. The molecule has 0 spiro atoms. The Morgan fingerprint density at radius 2 is 2.28 bits per heavy atom. The number of aryl methyl sites for hydroxylation is 1. The number of halogens is 1. The van der Waals surface area contributed by atoms with Gasteiger partial charge in [-0.2, -0.15) is 0 Å². The summed E-state index contributed by atoms with van der Waals surface area (Å²) in [5.74, 6) is -0.203. The average molecular weight is 282 g/mol. The molecule has 2 nitrogen and oxygen atoms in total. The van der Waals surface area contributed by atoms with Gasteiger partial charge < -0.3 is 5.73 Å². The van der Waals surface area contributed by atoms with Crippen molar-refractivity contribution in [3.05, 3.63) is 40.7 Å². The zero-order chi connectivity index (χ0) is 13.1. The van der Waals surface area contributed by atoms with Gasteiger partial charge in [-0.15, -0.1) is 11.3 Å². The molecule has 0 aliphatic rings. The second-order valence-electron chi connectivity index (χ2n) is 4.30. The predicted molar refractivity (Wildman–Crippen MR) is 74.7 cm³/mol. The molecule has 5 heteroatoms. The molecule has 0 aliphatic carbocycles. The fourth-order valence-corrected chi connectivity index (χ4v) is 3.40. The van der Waals surface area contributed by atoms with Gasteiger partial charge in [0.25, 0.3) is 0 Å². The van der Waals surface area contributed by atoms with Gasteiger partial charge >= 0.3 is 0 Å². The number of nitrogens with zero attached hydrogens (tertiary/aromatic N) is 1. The van der Waals surface area contributed by atoms with Crippen molar-refractivity contribution in [3.63, 3.8) is 0 Å². The lowest BCUT2D eigenvalue weighted by Gasteiger charge is -2.07. The Hall–Kier alpha value is -0.910. The van der Waals surface area contributed by atoms with Crippen LogP contribution in [-0.4, -0.2) is 11.0 Å². The first-order chi connectivity index (χ1) is 8.54. The van der Waals surface area contributed by atoms with Crippen LogP contribution in [0.5, 0.6) is 0 Å². The summed E-state index contributed by atoms with van der Waals surface area (Å²) in [6, 6.07) is 5.33. The molecule has 1 aromatic carbocycles. The quantitative estimate of drug-likeness (QED) is 0.930. The van der Waals surface area contributed by atoms with Crippen LogP contribution in [0.2, 0.25) is 0 Å². The van der Waals surface area contributed by atoms with E-state index in [0.29, 0.717) is 11.3 Å². The maximum Gasteiger partial charge on any atom is 0.154 e. The molecule has 0 saturated carbocycles. The number of nitrogens with two attached hydrogens (primary N) is 1. The Balaban J connectivity index is 2.14.